The number of aryl methyl sites for hydroxylation is 1. The van der Waals surface area contributed by atoms with Gasteiger partial charge >= 0.3 is 0 Å². The molecule has 1 amide bonds. The number of hydrazone groups is 1. The molecule has 2 rings (SSSR count). The summed E-state index contributed by atoms with van der Waals surface area (Å²) < 4.78 is 0. The summed E-state index contributed by atoms with van der Waals surface area (Å²) in [5.74, 6) is -0.198. The standard InChI is InChI=1S/C16H18N4O3S/c1-3-12-10(2)18-16(19-15(12)23)24-9-14(22)20-17-8-11-6-4-5-7-13(11)21/h4-8,21H,3,9H2,1-2H3,(H,20,22)(H,18,19,23). The van der Waals surface area contributed by atoms with E-state index in [-0.39, 0.29) is 23.0 Å². The first kappa shape index (κ1) is 17.7. The Bertz CT molecular complexity index is 817. The molecule has 8 heteroatoms. The zero-order valence-corrected chi connectivity index (χ0v) is 14.2. The summed E-state index contributed by atoms with van der Waals surface area (Å²) in [5, 5.41) is 13.8. The molecular formula is C16H18N4O3S. The summed E-state index contributed by atoms with van der Waals surface area (Å²) in [6.07, 6.45) is 1.97. The van der Waals surface area contributed by atoms with Gasteiger partial charge in [0, 0.05) is 16.8 Å². The van der Waals surface area contributed by atoms with E-state index in [0.717, 1.165) is 11.8 Å². The van der Waals surface area contributed by atoms with E-state index < -0.39 is 0 Å². The molecule has 0 unspecified atom stereocenters. The fourth-order valence-corrected chi connectivity index (χ4v) is 2.70. The van der Waals surface area contributed by atoms with E-state index in [0.29, 0.717) is 28.4 Å². The Morgan fingerprint density at radius 2 is 2.21 bits per heavy atom. The quantitative estimate of drug-likeness (QED) is 0.319. The molecule has 0 atom stereocenters. The number of benzene rings is 1. The number of H-pyrrole nitrogens is 1. The molecule has 1 heterocycles. The number of aromatic amines is 1. The second kappa shape index (κ2) is 8.30. The average molecular weight is 346 g/mol. The molecule has 0 aliphatic carbocycles. The van der Waals surface area contributed by atoms with Gasteiger partial charge in [-0.3, -0.25) is 9.59 Å². The van der Waals surface area contributed by atoms with Gasteiger partial charge < -0.3 is 10.1 Å². The van der Waals surface area contributed by atoms with Crippen LogP contribution in [-0.4, -0.2) is 32.9 Å². The van der Waals surface area contributed by atoms with Gasteiger partial charge in [0.05, 0.1) is 12.0 Å². The highest BCUT2D eigenvalue weighted by atomic mass is 32.2. The van der Waals surface area contributed by atoms with E-state index in [1.807, 2.05) is 6.92 Å². The average Bonchev–Trinajstić information content (AvgIpc) is 2.54. The third-order valence-corrected chi connectivity index (χ3v) is 4.10. The zero-order chi connectivity index (χ0) is 17.5. The maximum atomic E-state index is 11.8. The minimum absolute atomic E-state index is 0.0615. The fourth-order valence-electron chi connectivity index (χ4n) is 2.01. The summed E-state index contributed by atoms with van der Waals surface area (Å²) >= 11 is 1.12. The van der Waals surface area contributed by atoms with E-state index in [9.17, 15) is 14.7 Å². The van der Waals surface area contributed by atoms with Crippen LogP contribution >= 0.6 is 11.8 Å². The third kappa shape index (κ3) is 4.69. The van der Waals surface area contributed by atoms with Gasteiger partial charge in [-0.2, -0.15) is 5.10 Å². The number of aromatic hydroxyl groups is 1. The van der Waals surface area contributed by atoms with Crippen molar-refractivity contribution in [2.75, 3.05) is 5.75 Å². The summed E-state index contributed by atoms with van der Waals surface area (Å²) in [6.45, 7) is 3.66. The molecule has 0 radical (unpaired) electrons. The molecule has 0 spiro atoms. The monoisotopic (exact) mass is 346 g/mol. The van der Waals surface area contributed by atoms with Crippen molar-refractivity contribution >= 4 is 23.9 Å². The number of rotatable bonds is 6. The van der Waals surface area contributed by atoms with Gasteiger partial charge in [-0.1, -0.05) is 30.8 Å². The Morgan fingerprint density at radius 1 is 1.46 bits per heavy atom. The van der Waals surface area contributed by atoms with Crippen molar-refractivity contribution in [3.05, 3.63) is 51.4 Å². The largest absolute Gasteiger partial charge is 0.507 e. The van der Waals surface area contributed by atoms with Crippen LogP contribution in [0.5, 0.6) is 5.75 Å². The lowest BCUT2D eigenvalue weighted by molar-refractivity contribution is -0.118. The van der Waals surface area contributed by atoms with Gasteiger partial charge in [0.25, 0.3) is 11.5 Å². The van der Waals surface area contributed by atoms with Crippen molar-refractivity contribution in [1.82, 2.24) is 15.4 Å². The zero-order valence-electron chi connectivity index (χ0n) is 13.4. The highest BCUT2D eigenvalue weighted by molar-refractivity contribution is 7.99. The Hall–Kier alpha value is -2.61. The van der Waals surface area contributed by atoms with Crippen LogP contribution in [0.15, 0.2) is 39.3 Å². The number of hydrogen-bond donors (Lipinski definition) is 3. The number of phenols is 1. The number of phenolic OH excluding ortho intramolecular Hbond substituents is 1. The molecule has 0 bridgehead atoms. The second-order valence-electron chi connectivity index (χ2n) is 4.93. The highest BCUT2D eigenvalue weighted by Crippen LogP contribution is 2.13. The van der Waals surface area contributed by atoms with Crippen LogP contribution in [0, 0.1) is 6.92 Å². The van der Waals surface area contributed by atoms with Crippen LogP contribution in [0.2, 0.25) is 0 Å². The van der Waals surface area contributed by atoms with Crippen LogP contribution in [0.4, 0.5) is 0 Å². The maximum Gasteiger partial charge on any atom is 0.254 e. The first-order valence-corrected chi connectivity index (χ1v) is 8.32. The SMILES string of the molecule is CCc1c(C)nc(SCC(=O)NN=Cc2ccccc2O)[nH]c1=O. The van der Waals surface area contributed by atoms with Crippen LogP contribution in [-0.2, 0) is 11.2 Å². The molecule has 3 N–H and O–H groups in total. The molecular weight excluding hydrogens is 328 g/mol. The topological polar surface area (TPSA) is 107 Å². The molecule has 126 valence electrons. The van der Waals surface area contributed by atoms with Crippen LogP contribution in [0.25, 0.3) is 0 Å². The number of carbonyl (C=O) groups excluding carboxylic acids is 1. The number of para-hydroxylation sites is 1. The summed E-state index contributed by atoms with van der Waals surface area (Å²) in [4.78, 5) is 30.5. The lowest BCUT2D eigenvalue weighted by Crippen LogP contribution is -2.21. The van der Waals surface area contributed by atoms with Gasteiger partial charge in [-0.25, -0.2) is 10.4 Å². The molecule has 0 fully saturated rings. The van der Waals surface area contributed by atoms with Gasteiger partial charge in [0.1, 0.15) is 5.75 Å². The van der Waals surface area contributed by atoms with Crippen LogP contribution in [0.1, 0.15) is 23.7 Å². The maximum absolute atomic E-state index is 11.8. The van der Waals surface area contributed by atoms with Gasteiger partial charge in [-0.15, -0.1) is 0 Å². The van der Waals surface area contributed by atoms with Gasteiger partial charge in [0.15, 0.2) is 5.16 Å². The summed E-state index contributed by atoms with van der Waals surface area (Å²) in [7, 11) is 0. The molecule has 0 aliphatic rings. The second-order valence-corrected chi connectivity index (χ2v) is 5.89. The van der Waals surface area contributed by atoms with Crippen molar-refractivity contribution in [1.29, 1.82) is 0 Å². The number of aromatic nitrogens is 2. The molecule has 1 aromatic heterocycles. The molecule has 2 aromatic rings. The number of hydrogen-bond acceptors (Lipinski definition) is 6. The normalized spacial score (nSPS) is 10.9. The van der Waals surface area contributed by atoms with Crippen molar-refractivity contribution < 1.29 is 9.90 Å². The first-order chi connectivity index (χ1) is 11.5. The third-order valence-electron chi connectivity index (χ3n) is 3.22. The van der Waals surface area contributed by atoms with Crippen LogP contribution < -0.4 is 11.0 Å². The van der Waals surface area contributed by atoms with E-state index >= 15 is 0 Å². The number of thioether (sulfide) groups is 1. The highest BCUT2D eigenvalue weighted by Gasteiger charge is 2.08. The predicted molar refractivity (Wildman–Crippen MR) is 93.5 cm³/mol. The van der Waals surface area contributed by atoms with Gasteiger partial charge in [0.2, 0.25) is 0 Å². The molecule has 0 aliphatic heterocycles. The molecule has 7 nitrogen and oxygen atoms in total. The summed E-state index contributed by atoms with van der Waals surface area (Å²) in [5.41, 5.74) is 4.00. The van der Waals surface area contributed by atoms with E-state index in [1.54, 1.807) is 25.1 Å². The lowest BCUT2D eigenvalue weighted by Gasteiger charge is -2.04. The Balaban J connectivity index is 1.90. The number of nitrogens with one attached hydrogen (secondary N) is 2. The number of carbonyl (C=O) groups is 1. The predicted octanol–water partition coefficient (Wildman–Crippen LogP) is 1.59. The lowest BCUT2D eigenvalue weighted by atomic mass is 10.2. The van der Waals surface area contributed by atoms with Crippen molar-refractivity contribution in [2.24, 2.45) is 5.10 Å². The van der Waals surface area contributed by atoms with Crippen LogP contribution in [0.3, 0.4) is 0 Å². The Labute approximate surface area is 143 Å². The molecule has 1 aromatic carbocycles. The molecule has 0 saturated heterocycles. The van der Waals surface area contributed by atoms with Crippen molar-refractivity contribution in [3.63, 3.8) is 0 Å². The summed E-state index contributed by atoms with van der Waals surface area (Å²) in [6, 6.07) is 6.65. The minimum atomic E-state index is -0.341. The number of amides is 1. The Kier molecular flexibility index (Phi) is 6.14. The van der Waals surface area contributed by atoms with E-state index in [2.05, 4.69) is 20.5 Å². The number of nitrogens with zero attached hydrogens (tertiary/aromatic N) is 2. The fraction of sp³-hybridized carbons (Fsp3) is 0.250. The molecule has 0 saturated carbocycles. The molecule has 24 heavy (non-hydrogen) atoms. The first-order valence-electron chi connectivity index (χ1n) is 7.33. The Morgan fingerprint density at radius 3 is 2.88 bits per heavy atom. The van der Waals surface area contributed by atoms with E-state index in [4.69, 9.17) is 0 Å². The van der Waals surface area contributed by atoms with Crippen molar-refractivity contribution in [3.8, 4) is 5.75 Å². The van der Waals surface area contributed by atoms with Crippen molar-refractivity contribution in [2.45, 2.75) is 25.4 Å². The van der Waals surface area contributed by atoms with E-state index in [1.165, 1.54) is 12.3 Å². The minimum Gasteiger partial charge on any atom is -0.507 e. The van der Waals surface area contributed by atoms with Gasteiger partial charge in [-0.05, 0) is 25.5 Å². The smallest absolute Gasteiger partial charge is 0.254 e.